The van der Waals surface area contributed by atoms with Crippen LogP contribution in [0.5, 0.6) is 0 Å². The third kappa shape index (κ3) is 4.13. The highest BCUT2D eigenvalue weighted by molar-refractivity contribution is 7.99. The Bertz CT molecular complexity index is 1040. The van der Waals surface area contributed by atoms with Crippen LogP contribution in [0, 0.1) is 0 Å². The minimum absolute atomic E-state index is 0.171. The van der Waals surface area contributed by atoms with E-state index in [4.69, 9.17) is 0 Å². The van der Waals surface area contributed by atoms with Gasteiger partial charge in [0.05, 0.1) is 17.0 Å². The van der Waals surface area contributed by atoms with Crippen molar-refractivity contribution in [3.63, 3.8) is 0 Å². The number of carbonyl (C=O) groups excluding carboxylic acids is 1. The van der Waals surface area contributed by atoms with Gasteiger partial charge in [0.15, 0.2) is 5.16 Å². The molecule has 0 aliphatic carbocycles. The number of aromatic amines is 1. The van der Waals surface area contributed by atoms with Crippen molar-refractivity contribution in [3.05, 3.63) is 51.9 Å². The standard InChI is InChI=1S/C16H14F3N5O2S/c1-2-9-7-12(25)21-14-22-23-15(24(9)14)27-8-13(26)20-11-6-4-3-5-10(11)16(17,18)19/h3-7H,2,8H2,1H3,(H,20,26)(H,21,22,25). The Morgan fingerprint density at radius 1 is 1.30 bits per heavy atom. The van der Waals surface area contributed by atoms with E-state index in [0.717, 1.165) is 17.8 Å². The minimum atomic E-state index is -4.57. The zero-order valence-corrected chi connectivity index (χ0v) is 14.8. The van der Waals surface area contributed by atoms with Crippen LogP contribution in [0.25, 0.3) is 5.78 Å². The summed E-state index contributed by atoms with van der Waals surface area (Å²) in [6, 6.07) is 6.16. The molecule has 0 aliphatic rings. The number of fused-ring (bicyclic) bond motifs is 1. The van der Waals surface area contributed by atoms with Crippen molar-refractivity contribution in [2.45, 2.75) is 24.7 Å². The smallest absolute Gasteiger partial charge is 0.325 e. The first-order valence-electron chi connectivity index (χ1n) is 7.85. The topological polar surface area (TPSA) is 92.2 Å². The molecule has 11 heteroatoms. The van der Waals surface area contributed by atoms with Crippen molar-refractivity contribution in [1.82, 2.24) is 19.6 Å². The van der Waals surface area contributed by atoms with Crippen molar-refractivity contribution in [2.24, 2.45) is 0 Å². The van der Waals surface area contributed by atoms with Crippen LogP contribution in [0.2, 0.25) is 0 Å². The molecule has 0 radical (unpaired) electrons. The number of H-pyrrole nitrogens is 1. The van der Waals surface area contributed by atoms with Gasteiger partial charge in [-0.2, -0.15) is 13.2 Å². The average molecular weight is 397 g/mol. The molecule has 142 valence electrons. The largest absolute Gasteiger partial charge is 0.418 e. The number of aryl methyl sites for hydroxylation is 1. The Morgan fingerprint density at radius 2 is 2.04 bits per heavy atom. The van der Waals surface area contributed by atoms with Gasteiger partial charge >= 0.3 is 6.18 Å². The van der Waals surface area contributed by atoms with E-state index in [-0.39, 0.29) is 22.8 Å². The SMILES string of the molecule is CCc1cc(=O)[nH]c2nnc(SCC(=O)Nc3ccccc3C(F)(F)F)n12. The Hall–Kier alpha value is -2.82. The van der Waals surface area contributed by atoms with Crippen LogP contribution >= 0.6 is 11.8 Å². The minimum Gasteiger partial charge on any atom is -0.325 e. The van der Waals surface area contributed by atoms with Gasteiger partial charge in [-0.05, 0) is 18.6 Å². The van der Waals surface area contributed by atoms with Gasteiger partial charge in [0.1, 0.15) is 0 Å². The van der Waals surface area contributed by atoms with Crippen LogP contribution in [0.15, 0.2) is 40.3 Å². The van der Waals surface area contributed by atoms with E-state index in [1.54, 1.807) is 4.40 Å². The lowest BCUT2D eigenvalue weighted by Gasteiger charge is -2.13. The van der Waals surface area contributed by atoms with Crippen molar-refractivity contribution in [1.29, 1.82) is 0 Å². The van der Waals surface area contributed by atoms with Crippen LogP contribution < -0.4 is 10.9 Å². The summed E-state index contributed by atoms with van der Waals surface area (Å²) in [4.78, 5) is 26.2. The molecule has 0 fully saturated rings. The quantitative estimate of drug-likeness (QED) is 0.646. The number of para-hydroxylation sites is 1. The number of hydrogen-bond donors (Lipinski definition) is 2. The molecule has 7 nitrogen and oxygen atoms in total. The van der Waals surface area contributed by atoms with Crippen LogP contribution in [0.4, 0.5) is 18.9 Å². The molecule has 0 spiro atoms. The molecule has 3 rings (SSSR count). The lowest BCUT2D eigenvalue weighted by Crippen LogP contribution is -2.18. The van der Waals surface area contributed by atoms with Crippen LogP contribution in [-0.4, -0.2) is 31.2 Å². The fraction of sp³-hybridized carbons (Fsp3) is 0.250. The number of aromatic nitrogens is 4. The molecule has 27 heavy (non-hydrogen) atoms. The molecule has 0 saturated carbocycles. The zero-order chi connectivity index (χ0) is 19.6. The van der Waals surface area contributed by atoms with E-state index in [0.29, 0.717) is 17.3 Å². The molecule has 0 bridgehead atoms. The summed E-state index contributed by atoms with van der Waals surface area (Å²) >= 11 is 1.01. The maximum absolute atomic E-state index is 13.0. The Labute approximate surface area is 155 Å². The molecular formula is C16H14F3N5O2S. The first-order valence-corrected chi connectivity index (χ1v) is 8.84. The summed E-state index contributed by atoms with van der Waals surface area (Å²) in [7, 11) is 0. The molecule has 0 aliphatic heterocycles. The number of nitrogens with one attached hydrogen (secondary N) is 2. The van der Waals surface area contributed by atoms with Gasteiger partial charge in [0.25, 0.3) is 5.56 Å². The maximum Gasteiger partial charge on any atom is 0.418 e. The summed E-state index contributed by atoms with van der Waals surface area (Å²) in [5, 5.41) is 10.4. The second kappa shape index (κ2) is 7.43. The van der Waals surface area contributed by atoms with E-state index in [1.807, 2.05) is 6.92 Å². The second-order valence-electron chi connectivity index (χ2n) is 5.50. The number of nitrogens with zero attached hydrogens (tertiary/aromatic N) is 3. The van der Waals surface area contributed by atoms with E-state index in [9.17, 15) is 22.8 Å². The molecule has 1 aromatic carbocycles. The maximum atomic E-state index is 13.0. The highest BCUT2D eigenvalue weighted by Crippen LogP contribution is 2.34. The number of thioether (sulfide) groups is 1. The van der Waals surface area contributed by atoms with E-state index in [1.165, 1.54) is 24.3 Å². The van der Waals surface area contributed by atoms with Gasteiger partial charge in [-0.15, -0.1) is 10.2 Å². The van der Waals surface area contributed by atoms with Crippen molar-refractivity contribution in [2.75, 3.05) is 11.1 Å². The highest BCUT2D eigenvalue weighted by Gasteiger charge is 2.33. The fourth-order valence-electron chi connectivity index (χ4n) is 2.48. The lowest BCUT2D eigenvalue weighted by molar-refractivity contribution is -0.137. The Balaban J connectivity index is 1.76. The average Bonchev–Trinajstić information content (AvgIpc) is 3.01. The molecule has 0 saturated heterocycles. The first-order chi connectivity index (χ1) is 12.8. The number of amides is 1. The highest BCUT2D eigenvalue weighted by atomic mass is 32.2. The summed E-state index contributed by atoms with van der Waals surface area (Å²) < 4.78 is 40.6. The van der Waals surface area contributed by atoms with Gasteiger partial charge in [-0.3, -0.25) is 19.0 Å². The van der Waals surface area contributed by atoms with Gasteiger partial charge in [0.2, 0.25) is 11.7 Å². The van der Waals surface area contributed by atoms with Crippen LogP contribution in [-0.2, 0) is 17.4 Å². The number of rotatable bonds is 5. The number of anilines is 1. The number of benzene rings is 1. The van der Waals surface area contributed by atoms with Crippen molar-refractivity contribution in [3.8, 4) is 0 Å². The number of hydrogen-bond acceptors (Lipinski definition) is 5. The van der Waals surface area contributed by atoms with Crippen molar-refractivity contribution < 1.29 is 18.0 Å². The molecule has 3 aromatic rings. The monoisotopic (exact) mass is 397 g/mol. The second-order valence-corrected chi connectivity index (χ2v) is 6.44. The molecule has 1 amide bonds. The zero-order valence-electron chi connectivity index (χ0n) is 14.0. The van der Waals surface area contributed by atoms with Crippen LogP contribution in [0.3, 0.4) is 0 Å². The molecular weight excluding hydrogens is 383 g/mol. The van der Waals surface area contributed by atoms with Gasteiger partial charge in [-0.25, -0.2) is 0 Å². The Morgan fingerprint density at radius 3 is 2.74 bits per heavy atom. The summed E-state index contributed by atoms with van der Waals surface area (Å²) in [6.45, 7) is 1.85. The molecule has 0 atom stereocenters. The normalized spacial score (nSPS) is 11.7. The summed E-state index contributed by atoms with van der Waals surface area (Å²) in [5.74, 6) is -0.546. The number of carbonyl (C=O) groups is 1. The van der Waals surface area contributed by atoms with Crippen molar-refractivity contribution >= 4 is 29.1 Å². The van der Waals surface area contributed by atoms with E-state index >= 15 is 0 Å². The fourth-order valence-corrected chi connectivity index (χ4v) is 3.25. The number of halogens is 3. The predicted molar refractivity (Wildman–Crippen MR) is 93.8 cm³/mol. The van der Waals surface area contributed by atoms with Gasteiger partial charge in [0, 0.05) is 11.8 Å². The number of alkyl halides is 3. The lowest BCUT2D eigenvalue weighted by atomic mass is 10.1. The van der Waals surface area contributed by atoms with E-state index in [2.05, 4.69) is 20.5 Å². The molecule has 0 unspecified atom stereocenters. The first kappa shape index (κ1) is 19.0. The van der Waals surface area contributed by atoms with Gasteiger partial charge in [-0.1, -0.05) is 30.8 Å². The molecule has 2 N–H and O–H groups in total. The third-order valence-electron chi connectivity index (χ3n) is 3.65. The summed E-state index contributed by atoms with van der Waals surface area (Å²) in [5.41, 5.74) is -0.878. The van der Waals surface area contributed by atoms with E-state index < -0.39 is 17.6 Å². The molecule has 2 heterocycles. The Kier molecular flexibility index (Phi) is 5.22. The van der Waals surface area contributed by atoms with Crippen LogP contribution in [0.1, 0.15) is 18.2 Å². The summed E-state index contributed by atoms with van der Waals surface area (Å²) in [6.07, 6.45) is -4.03. The molecule has 2 aromatic heterocycles. The third-order valence-corrected chi connectivity index (χ3v) is 4.58. The predicted octanol–water partition coefficient (Wildman–Crippen LogP) is 2.73. The van der Waals surface area contributed by atoms with Gasteiger partial charge < -0.3 is 5.32 Å².